The molecule has 2 nitrogen and oxygen atoms in total. The first-order valence-electron chi connectivity index (χ1n) is 6.28. The van der Waals surface area contributed by atoms with Crippen LogP contribution in [0.1, 0.15) is 50.2 Å². The predicted molar refractivity (Wildman–Crippen MR) is 65.1 cm³/mol. The van der Waals surface area contributed by atoms with Gasteiger partial charge in [-0.25, -0.2) is 0 Å². The van der Waals surface area contributed by atoms with Gasteiger partial charge in [-0.05, 0) is 37.7 Å². The first kappa shape index (κ1) is 11.6. The van der Waals surface area contributed by atoms with E-state index < -0.39 is 5.60 Å². The Hall–Kier alpha value is -0.890. The topological polar surface area (TPSA) is 33.1 Å². The first-order valence-corrected chi connectivity index (χ1v) is 6.28. The van der Waals surface area contributed by atoms with E-state index in [1.165, 1.54) is 12.8 Å². The van der Waals surface area contributed by atoms with Crippen molar-refractivity contribution in [2.24, 2.45) is 5.92 Å². The van der Waals surface area contributed by atoms with E-state index in [4.69, 9.17) is 0 Å². The highest BCUT2D eigenvalue weighted by molar-refractivity contribution is 5.23. The molecule has 1 N–H and O–H groups in total. The summed E-state index contributed by atoms with van der Waals surface area (Å²) in [7, 11) is 0. The minimum Gasteiger partial charge on any atom is -0.385 e. The minimum absolute atomic E-state index is 0.627. The second-order valence-electron chi connectivity index (χ2n) is 5.15. The molecule has 2 unspecified atom stereocenters. The van der Waals surface area contributed by atoms with E-state index >= 15 is 0 Å². The third-order valence-electron chi connectivity index (χ3n) is 3.82. The van der Waals surface area contributed by atoms with Crippen LogP contribution in [0.4, 0.5) is 0 Å². The monoisotopic (exact) mass is 219 g/mol. The number of aromatic nitrogens is 1. The summed E-state index contributed by atoms with van der Waals surface area (Å²) in [6.07, 6.45) is 9.00. The zero-order valence-electron chi connectivity index (χ0n) is 10.2. The van der Waals surface area contributed by atoms with Gasteiger partial charge in [-0.3, -0.25) is 4.98 Å². The van der Waals surface area contributed by atoms with Crippen molar-refractivity contribution in [3.8, 4) is 0 Å². The fourth-order valence-corrected chi connectivity index (χ4v) is 2.78. The largest absolute Gasteiger partial charge is 0.385 e. The number of pyridine rings is 1. The Morgan fingerprint density at radius 2 is 2.31 bits per heavy atom. The zero-order chi connectivity index (χ0) is 11.6. The third kappa shape index (κ3) is 2.27. The molecule has 0 saturated heterocycles. The van der Waals surface area contributed by atoms with Crippen LogP contribution in [0.3, 0.4) is 0 Å². The van der Waals surface area contributed by atoms with Crippen molar-refractivity contribution in [3.63, 3.8) is 0 Å². The number of nitrogens with zero attached hydrogens (tertiary/aromatic N) is 1. The second-order valence-corrected chi connectivity index (χ2v) is 5.15. The summed E-state index contributed by atoms with van der Waals surface area (Å²) in [5.41, 5.74) is 1.51. The normalized spacial score (nSPS) is 30.3. The Bertz CT molecular complexity index is 364. The van der Waals surface area contributed by atoms with Gasteiger partial charge in [0, 0.05) is 18.0 Å². The van der Waals surface area contributed by atoms with Gasteiger partial charge in [-0.1, -0.05) is 25.8 Å². The third-order valence-corrected chi connectivity index (χ3v) is 3.82. The van der Waals surface area contributed by atoms with Crippen LogP contribution in [-0.2, 0) is 5.60 Å². The molecule has 2 rings (SSSR count). The van der Waals surface area contributed by atoms with Gasteiger partial charge in [0.05, 0.1) is 5.60 Å². The van der Waals surface area contributed by atoms with E-state index in [2.05, 4.69) is 18.0 Å². The highest BCUT2D eigenvalue weighted by Crippen LogP contribution is 2.40. The molecule has 0 radical (unpaired) electrons. The molecule has 0 spiro atoms. The summed E-state index contributed by atoms with van der Waals surface area (Å²) >= 11 is 0. The van der Waals surface area contributed by atoms with Gasteiger partial charge in [0.25, 0.3) is 0 Å². The van der Waals surface area contributed by atoms with E-state index in [1.807, 2.05) is 19.3 Å². The summed E-state index contributed by atoms with van der Waals surface area (Å²) in [5, 5.41) is 10.7. The number of rotatable bonds is 2. The van der Waals surface area contributed by atoms with Crippen LogP contribution in [0.2, 0.25) is 0 Å². The minimum atomic E-state index is -0.627. The van der Waals surface area contributed by atoms with E-state index in [9.17, 15) is 5.11 Å². The van der Waals surface area contributed by atoms with Crippen molar-refractivity contribution in [1.82, 2.24) is 4.98 Å². The van der Waals surface area contributed by atoms with Crippen molar-refractivity contribution >= 4 is 0 Å². The Labute approximate surface area is 97.7 Å². The molecule has 0 aliphatic heterocycles. The molecule has 1 aliphatic carbocycles. The summed E-state index contributed by atoms with van der Waals surface area (Å²) in [5.74, 6) is 0.666. The van der Waals surface area contributed by atoms with Crippen LogP contribution in [0.5, 0.6) is 0 Å². The molecule has 1 fully saturated rings. The van der Waals surface area contributed by atoms with Crippen LogP contribution >= 0.6 is 0 Å². The van der Waals surface area contributed by atoms with Crippen LogP contribution in [0.25, 0.3) is 0 Å². The van der Waals surface area contributed by atoms with Crippen LogP contribution in [0.15, 0.2) is 18.5 Å². The fourth-order valence-electron chi connectivity index (χ4n) is 2.78. The quantitative estimate of drug-likeness (QED) is 0.828. The molecule has 16 heavy (non-hydrogen) atoms. The molecule has 1 saturated carbocycles. The molecule has 2 atom stereocenters. The lowest BCUT2D eigenvalue weighted by Crippen LogP contribution is -2.32. The standard InChI is InChI=1S/C14H21NO/c1-3-12-5-4-6-14(16,8-12)13-7-11(2)9-15-10-13/h7,9-10,12,16H,3-6,8H2,1-2H3. The Kier molecular flexibility index (Phi) is 3.29. The molecule has 0 bridgehead atoms. The van der Waals surface area contributed by atoms with Gasteiger partial charge in [0.15, 0.2) is 0 Å². The average molecular weight is 219 g/mol. The molecule has 2 heteroatoms. The maximum atomic E-state index is 10.7. The average Bonchev–Trinajstić information content (AvgIpc) is 2.29. The molecule has 1 aliphatic rings. The van der Waals surface area contributed by atoms with Crippen molar-refractivity contribution in [2.75, 3.05) is 0 Å². The molecule has 1 aromatic rings. The maximum Gasteiger partial charge on any atom is 0.0914 e. The van der Waals surface area contributed by atoms with E-state index in [1.54, 1.807) is 0 Å². The lowest BCUT2D eigenvalue weighted by atomic mass is 9.74. The number of hydrogen-bond donors (Lipinski definition) is 1. The first-order chi connectivity index (χ1) is 7.64. The maximum absolute atomic E-state index is 10.7. The highest BCUT2D eigenvalue weighted by Gasteiger charge is 2.35. The Morgan fingerprint density at radius 1 is 1.50 bits per heavy atom. The van der Waals surface area contributed by atoms with E-state index in [0.717, 1.165) is 30.4 Å². The lowest BCUT2D eigenvalue weighted by Gasteiger charge is -2.36. The van der Waals surface area contributed by atoms with Gasteiger partial charge in [-0.15, -0.1) is 0 Å². The van der Waals surface area contributed by atoms with Crippen molar-refractivity contribution in [1.29, 1.82) is 0 Å². The molecular weight excluding hydrogens is 198 g/mol. The second kappa shape index (κ2) is 4.54. The molecule has 88 valence electrons. The van der Waals surface area contributed by atoms with Gasteiger partial charge in [0.1, 0.15) is 0 Å². The molecular formula is C14H21NO. The highest BCUT2D eigenvalue weighted by atomic mass is 16.3. The molecule has 0 aromatic carbocycles. The van der Waals surface area contributed by atoms with Crippen molar-refractivity contribution in [3.05, 3.63) is 29.6 Å². The van der Waals surface area contributed by atoms with E-state index in [0.29, 0.717) is 5.92 Å². The molecule has 0 amide bonds. The summed E-state index contributed by atoms with van der Waals surface area (Å²) in [6.45, 7) is 4.24. The zero-order valence-corrected chi connectivity index (χ0v) is 10.2. The SMILES string of the molecule is CCC1CCCC(O)(c2cncc(C)c2)C1. The predicted octanol–water partition coefficient (Wildman–Crippen LogP) is 3.18. The van der Waals surface area contributed by atoms with Gasteiger partial charge in [0.2, 0.25) is 0 Å². The van der Waals surface area contributed by atoms with Crippen LogP contribution in [0, 0.1) is 12.8 Å². The number of aryl methyl sites for hydroxylation is 1. The van der Waals surface area contributed by atoms with Crippen molar-refractivity contribution in [2.45, 2.75) is 51.6 Å². The summed E-state index contributed by atoms with van der Waals surface area (Å²) in [4.78, 5) is 4.20. The van der Waals surface area contributed by atoms with E-state index in [-0.39, 0.29) is 0 Å². The van der Waals surface area contributed by atoms with Crippen LogP contribution < -0.4 is 0 Å². The smallest absolute Gasteiger partial charge is 0.0914 e. The van der Waals surface area contributed by atoms with Gasteiger partial charge in [-0.2, -0.15) is 0 Å². The van der Waals surface area contributed by atoms with Crippen LogP contribution in [-0.4, -0.2) is 10.1 Å². The lowest BCUT2D eigenvalue weighted by molar-refractivity contribution is -0.0220. The number of hydrogen-bond acceptors (Lipinski definition) is 2. The van der Waals surface area contributed by atoms with Gasteiger partial charge >= 0.3 is 0 Å². The Balaban J connectivity index is 2.23. The van der Waals surface area contributed by atoms with Crippen molar-refractivity contribution < 1.29 is 5.11 Å². The fraction of sp³-hybridized carbons (Fsp3) is 0.643. The molecule has 1 aromatic heterocycles. The number of aliphatic hydroxyl groups is 1. The summed E-state index contributed by atoms with van der Waals surface area (Å²) in [6, 6.07) is 2.07. The Morgan fingerprint density at radius 3 is 3.00 bits per heavy atom. The van der Waals surface area contributed by atoms with Gasteiger partial charge < -0.3 is 5.11 Å². The summed E-state index contributed by atoms with van der Waals surface area (Å²) < 4.78 is 0. The molecule has 1 heterocycles.